The van der Waals surface area contributed by atoms with Gasteiger partial charge in [-0.1, -0.05) is 12.1 Å². The largest absolute Gasteiger partial charge is 0.491 e. The van der Waals surface area contributed by atoms with Crippen molar-refractivity contribution in [3.8, 4) is 5.75 Å². The van der Waals surface area contributed by atoms with E-state index in [1.807, 2.05) is 0 Å². The minimum atomic E-state index is 0.277. The van der Waals surface area contributed by atoms with E-state index in [1.54, 1.807) is 0 Å². The van der Waals surface area contributed by atoms with E-state index >= 15 is 0 Å². The van der Waals surface area contributed by atoms with Crippen LogP contribution in [0.2, 0.25) is 0 Å². The Morgan fingerprint density at radius 2 is 2.05 bits per heavy atom. The summed E-state index contributed by atoms with van der Waals surface area (Å²) in [7, 11) is 0. The van der Waals surface area contributed by atoms with Gasteiger partial charge in [0.1, 0.15) is 12.4 Å². The van der Waals surface area contributed by atoms with Gasteiger partial charge in [0.05, 0.1) is 6.10 Å². The lowest BCUT2D eigenvalue weighted by Crippen LogP contribution is -2.42. The molecule has 2 aliphatic rings. The maximum Gasteiger partial charge on any atom is 0.119 e. The minimum absolute atomic E-state index is 0.277. The number of likely N-dealkylation sites (tertiary alicyclic amines) is 1. The molecular formula is C17H26N2O2. The van der Waals surface area contributed by atoms with Gasteiger partial charge in [0.2, 0.25) is 0 Å². The summed E-state index contributed by atoms with van der Waals surface area (Å²) in [4.78, 5) is 2.44. The fourth-order valence-corrected chi connectivity index (χ4v) is 3.15. The van der Waals surface area contributed by atoms with Crippen LogP contribution in [0.3, 0.4) is 0 Å². The third kappa shape index (κ3) is 4.43. The first-order chi connectivity index (χ1) is 10.3. The van der Waals surface area contributed by atoms with E-state index in [-0.39, 0.29) is 6.10 Å². The lowest BCUT2D eigenvalue weighted by molar-refractivity contribution is 0.0679. The Morgan fingerprint density at radius 1 is 1.19 bits per heavy atom. The third-order valence-corrected chi connectivity index (χ3v) is 4.33. The summed E-state index contributed by atoms with van der Waals surface area (Å²) in [6.07, 6.45) is 4.92. The summed E-state index contributed by atoms with van der Waals surface area (Å²) in [6, 6.07) is 8.78. The van der Waals surface area contributed by atoms with Gasteiger partial charge in [0.25, 0.3) is 0 Å². The highest BCUT2D eigenvalue weighted by Gasteiger charge is 2.17. The van der Waals surface area contributed by atoms with Crippen LogP contribution in [0.25, 0.3) is 0 Å². The standard InChI is InChI=1S/C17H26N2O2/c18-15-3-1-9-19(12-15)11-14-5-7-16(8-6-14)21-13-17-4-2-10-20-17/h5-8,15,17H,1-4,9-13,18H2. The van der Waals surface area contributed by atoms with Crippen LogP contribution >= 0.6 is 0 Å². The highest BCUT2D eigenvalue weighted by Crippen LogP contribution is 2.18. The van der Waals surface area contributed by atoms with Crippen LogP contribution in [0.5, 0.6) is 5.75 Å². The van der Waals surface area contributed by atoms with Crippen molar-refractivity contribution >= 4 is 0 Å². The number of hydrogen-bond acceptors (Lipinski definition) is 4. The molecule has 2 atom stereocenters. The van der Waals surface area contributed by atoms with Gasteiger partial charge in [-0.3, -0.25) is 4.90 Å². The number of nitrogens with zero attached hydrogens (tertiary/aromatic N) is 1. The molecule has 2 heterocycles. The molecule has 4 nitrogen and oxygen atoms in total. The maximum absolute atomic E-state index is 6.03. The molecule has 2 aliphatic heterocycles. The Balaban J connectivity index is 1.46. The zero-order chi connectivity index (χ0) is 14.5. The van der Waals surface area contributed by atoms with Gasteiger partial charge < -0.3 is 15.2 Å². The fourth-order valence-electron chi connectivity index (χ4n) is 3.15. The number of ether oxygens (including phenoxy) is 2. The molecule has 2 N–H and O–H groups in total. The first-order valence-corrected chi connectivity index (χ1v) is 8.11. The molecule has 0 bridgehead atoms. The van der Waals surface area contributed by atoms with E-state index in [1.165, 1.54) is 12.0 Å². The van der Waals surface area contributed by atoms with Crippen LogP contribution in [0.15, 0.2) is 24.3 Å². The van der Waals surface area contributed by atoms with Gasteiger partial charge in [0, 0.05) is 25.7 Å². The minimum Gasteiger partial charge on any atom is -0.491 e. The van der Waals surface area contributed by atoms with E-state index in [2.05, 4.69) is 29.2 Å². The van der Waals surface area contributed by atoms with E-state index in [9.17, 15) is 0 Å². The van der Waals surface area contributed by atoms with Crippen molar-refractivity contribution in [1.82, 2.24) is 4.90 Å². The predicted octanol–water partition coefficient (Wildman–Crippen LogP) is 2.17. The lowest BCUT2D eigenvalue weighted by Gasteiger charge is -2.30. The molecule has 116 valence electrons. The van der Waals surface area contributed by atoms with Crippen LogP contribution in [0.1, 0.15) is 31.2 Å². The van der Waals surface area contributed by atoms with Crippen molar-refractivity contribution in [2.45, 2.75) is 44.4 Å². The number of piperidine rings is 1. The Morgan fingerprint density at radius 3 is 2.76 bits per heavy atom. The monoisotopic (exact) mass is 290 g/mol. The van der Waals surface area contributed by atoms with E-state index in [4.69, 9.17) is 15.2 Å². The Hall–Kier alpha value is -1.10. The number of nitrogens with two attached hydrogens (primary N) is 1. The van der Waals surface area contributed by atoms with Gasteiger partial charge in [-0.25, -0.2) is 0 Å². The molecule has 1 aromatic rings. The molecule has 1 aromatic carbocycles. The number of hydrogen-bond donors (Lipinski definition) is 1. The van der Waals surface area contributed by atoms with Crippen molar-refractivity contribution in [3.63, 3.8) is 0 Å². The summed E-state index contributed by atoms with van der Waals surface area (Å²) in [5, 5.41) is 0. The van der Waals surface area contributed by atoms with Crippen LogP contribution in [-0.2, 0) is 11.3 Å². The van der Waals surface area contributed by atoms with Gasteiger partial charge in [-0.2, -0.15) is 0 Å². The zero-order valence-corrected chi connectivity index (χ0v) is 12.7. The van der Waals surface area contributed by atoms with Gasteiger partial charge in [-0.05, 0) is 49.9 Å². The van der Waals surface area contributed by atoms with Crippen molar-refractivity contribution in [3.05, 3.63) is 29.8 Å². The smallest absolute Gasteiger partial charge is 0.119 e. The Bertz CT molecular complexity index is 429. The molecule has 21 heavy (non-hydrogen) atoms. The summed E-state index contributed by atoms with van der Waals surface area (Å²) in [5.74, 6) is 0.935. The average molecular weight is 290 g/mol. The molecule has 0 spiro atoms. The highest BCUT2D eigenvalue weighted by atomic mass is 16.5. The second kappa shape index (κ2) is 7.25. The SMILES string of the molecule is NC1CCCN(Cc2ccc(OCC3CCCO3)cc2)C1. The molecule has 0 aliphatic carbocycles. The van der Waals surface area contributed by atoms with Gasteiger partial charge in [0.15, 0.2) is 0 Å². The normalized spacial score (nSPS) is 26.9. The molecule has 0 saturated carbocycles. The van der Waals surface area contributed by atoms with Crippen molar-refractivity contribution in [2.75, 3.05) is 26.3 Å². The van der Waals surface area contributed by atoms with Crippen LogP contribution in [0, 0.1) is 0 Å². The predicted molar refractivity (Wildman–Crippen MR) is 83.4 cm³/mol. The van der Waals surface area contributed by atoms with Crippen LogP contribution in [0.4, 0.5) is 0 Å². The first kappa shape index (κ1) is 14.8. The van der Waals surface area contributed by atoms with Gasteiger partial charge in [-0.15, -0.1) is 0 Å². The van der Waals surface area contributed by atoms with Crippen molar-refractivity contribution in [2.24, 2.45) is 5.73 Å². The Kier molecular flexibility index (Phi) is 5.12. The highest BCUT2D eigenvalue weighted by molar-refractivity contribution is 5.27. The number of rotatable bonds is 5. The molecule has 0 aromatic heterocycles. The zero-order valence-electron chi connectivity index (χ0n) is 12.7. The lowest BCUT2D eigenvalue weighted by atomic mass is 10.1. The van der Waals surface area contributed by atoms with Crippen LogP contribution in [-0.4, -0.2) is 43.3 Å². The van der Waals surface area contributed by atoms with Crippen molar-refractivity contribution < 1.29 is 9.47 Å². The van der Waals surface area contributed by atoms with Crippen LogP contribution < -0.4 is 10.5 Å². The fraction of sp³-hybridized carbons (Fsp3) is 0.647. The molecular weight excluding hydrogens is 264 g/mol. The Labute approximate surface area is 127 Å². The molecule has 2 unspecified atom stereocenters. The second-order valence-electron chi connectivity index (χ2n) is 6.23. The number of benzene rings is 1. The van der Waals surface area contributed by atoms with E-state index in [0.717, 1.165) is 51.3 Å². The van der Waals surface area contributed by atoms with Gasteiger partial charge >= 0.3 is 0 Å². The van der Waals surface area contributed by atoms with E-state index < -0.39 is 0 Å². The quantitative estimate of drug-likeness (QED) is 0.903. The summed E-state index contributed by atoms with van der Waals surface area (Å²) in [6.45, 7) is 4.70. The molecule has 2 saturated heterocycles. The summed E-state index contributed by atoms with van der Waals surface area (Å²) >= 11 is 0. The van der Waals surface area contributed by atoms with E-state index in [0.29, 0.717) is 12.6 Å². The topological polar surface area (TPSA) is 47.7 Å². The molecule has 2 fully saturated rings. The van der Waals surface area contributed by atoms with Crippen molar-refractivity contribution in [1.29, 1.82) is 0 Å². The summed E-state index contributed by atoms with van der Waals surface area (Å²) < 4.78 is 11.4. The molecule has 0 radical (unpaired) electrons. The second-order valence-corrected chi connectivity index (χ2v) is 6.23. The molecule has 4 heteroatoms. The third-order valence-electron chi connectivity index (χ3n) is 4.33. The summed E-state index contributed by atoms with van der Waals surface area (Å²) in [5.41, 5.74) is 7.36. The molecule has 3 rings (SSSR count). The first-order valence-electron chi connectivity index (χ1n) is 8.11. The maximum atomic E-state index is 6.03. The average Bonchev–Trinajstić information content (AvgIpc) is 3.00. The molecule has 0 amide bonds.